The van der Waals surface area contributed by atoms with Gasteiger partial charge in [-0.1, -0.05) is 11.6 Å². The summed E-state index contributed by atoms with van der Waals surface area (Å²) in [7, 11) is 0. The molecule has 0 bridgehead atoms. The highest BCUT2D eigenvalue weighted by Gasteiger charge is 2.32. The lowest BCUT2D eigenvalue weighted by molar-refractivity contribution is -0.146. The second-order valence-corrected chi connectivity index (χ2v) is 5.11. The Morgan fingerprint density at radius 1 is 1.15 bits per heavy atom. The van der Waals surface area contributed by atoms with E-state index in [4.69, 9.17) is 17.3 Å². The van der Waals surface area contributed by atoms with Gasteiger partial charge < -0.3 is 10.6 Å². The van der Waals surface area contributed by atoms with E-state index < -0.39 is 18.5 Å². The second kappa shape index (κ2) is 5.65. The fourth-order valence-electron chi connectivity index (χ4n) is 2.23. The number of benzene rings is 1. The molecule has 3 nitrogen and oxygen atoms in total. The van der Waals surface area contributed by atoms with Crippen LogP contribution < -0.4 is 10.6 Å². The van der Waals surface area contributed by atoms with Gasteiger partial charge in [-0.15, -0.1) is 0 Å². The van der Waals surface area contributed by atoms with Gasteiger partial charge in [-0.3, -0.25) is 4.90 Å². The first-order valence-corrected chi connectivity index (χ1v) is 6.42. The van der Waals surface area contributed by atoms with Crippen LogP contribution in [0.5, 0.6) is 0 Å². The fourth-order valence-corrected chi connectivity index (χ4v) is 2.40. The molecule has 1 fully saturated rings. The van der Waals surface area contributed by atoms with Crippen LogP contribution >= 0.6 is 11.6 Å². The summed E-state index contributed by atoms with van der Waals surface area (Å²) >= 11 is 5.61. The Hall–Kier alpha value is -1.21. The molecule has 0 unspecified atom stereocenters. The smallest absolute Gasteiger partial charge is 0.397 e. The van der Waals surface area contributed by atoms with Crippen molar-refractivity contribution in [2.24, 2.45) is 0 Å². The average Bonchev–Trinajstić information content (AvgIpc) is 2.33. The zero-order valence-corrected chi connectivity index (χ0v) is 11.3. The number of piperazine rings is 1. The Kier molecular flexibility index (Phi) is 4.29. The Morgan fingerprint density at radius 2 is 1.75 bits per heavy atom. The molecule has 8 heteroatoms. The van der Waals surface area contributed by atoms with Crippen LogP contribution in [0.15, 0.2) is 12.1 Å². The monoisotopic (exact) mass is 311 g/mol. The molecule has 1 heterocycles. The molecule has 1 saturated heterocycles. The van der Waals surface area contributed by atoms with Crippen LogP contribution in [0.25, 0.3) is 0 Å². The SMILES string of the molecule is Nc1cc(Cl)c(F)cc1N1CCN(CC(F)(F)F)CC1. The third-order valence-corrected chi connectivity index (χ3v) is 3.48. The van der Waals surface area contributed by atoms with Gasteiger partial charge in [0.05, 0.1) is 22.9 Å². The molecular weight excluding hydrogens is 298 g/mol. The number of nitrogens with two attached hydrogens (primary N) is 1. The maximum absolute atomic E-state index is 13.4. The standard InChI is InChI=1S/C12H14ClF4N3/c13-8-5-10(18)11(6-9(8)14)20-3-1-19(2-4-20)7-12(15,16)17/h5-6H,1-4,7,18H2. The molecule has 1 aliphatic heterocycles. The minimum atomic E-state index is -4.20. The first-order valence-electron chi connectivity index (χ1n) is 6.05. The molecule has 0 atom stereocenters. The number of rotatable bonds is 2. The Balaban J connectivity index is 2.02. The van der Waals surface area contributed by atoms with Crippen LogP contribution in [-0.4, -0.2) is 43.8 Å². The average molecular weight is 312 g/mol. The van der Waals surface area contributed by atoms with Crippen LogP contribution in [0.1, 0.15) is 0 Å². The highest BCUT2D eigenvalue weighted by molar-refractivity contribution is 6.31. The summed E-state index contributed by atoms with van der Waals surface area (Å²) in [6, 6.07) is 2.53. The zero-order valence-electron chi connectivity index (χ0n) is 10.6. The third-order valence-electron chi connectivity index (χ3n) is 3.19. The lowest BCUT2D eigenvalue weighted by Crippen LogP contribution is -2.49. The number of nitrogen functional groups attached to an aromatic ring is 1. The molecule has 112 valence electrons. The van der Waals surface area contributed by atoms with E-state index in [0.717, 1.165) is 0 Å². The van der Waals surface area contributed by atoms with Crippen molar-refractivity contribution in [3.8, 4) is 0 Å². The number of anilines is 2. The number of alkyl halides is 3. The summed E-state index contributed by atoms with van der Waals surface area (Å²) in [6.07, 6.45) is -4.20. The maximum atomic E-state index is 13.4. The van der Waals surface area contributed by atoms with Gasteiger partial charge in [0.15, 0.2) is 0 Å². The van der Waals surface area contributed by atoms with E-state index in [9.17, 15) is 17.6 Å². The molecule has 0 radical (unpaired) electrons. The molecule has 2 N–H and O–H groups in total. The Bertz CT molecular complexity index is 484. The first-order chi connectivity index (χ1) is 9.26. The van der Waals surface area contributed by atoms with Crippen molar-refractivity contribution in [3.05, 3.63) is 23.0 Å². The molecule has 1 aromatic rings. The summed E-state index contributed by atoms with van der Waals surface area (Å²) < 4.78 is 50.3. The molecule has 0 saturated carbocycles. The van der Waals surface area contributed by atoms with Crippen molar-refractivity contribution >= 4 is 23.0 Å². The van der Waals surface area contributed by atoms with Gasteiger partial charge in [0.2, 0.25) is 0 Å². The molecule has 0 aromatic heterocycles. The quantitative estimate of drug-likeness (QED) is 0.673. The van der Waals surface area contributed by atoms with Crippen LogP contribution in [0.2, 0.25) is 5.02 Å². The summed E-state index contributed by atoms with van der Waals surface area (Å²) in [6.45, 7) is 0.306. The number of hydrogen-bond acceptors (Lipinski definition) is 3. The van der Waals surface area contributed by atoms with E-state index in [-0.39, 0.29) is 18.1 Å². The van der Waals surface area contributed by atoms with Crippen LogP contribution in [0.3, 0.4) is 0 Å². The van der Waals surface area contributed by atoms with Gasteiger partial charge >= 0.3 is 6.18 Å². The minimum absolute atomic E-state index is 0.0676. The van der Waals surface area contributed by atoms with Gasteiger partial charge in [0, 0.05) is 32.2 Å². The first kappa shape index (κ1) is 15.2. The summed E-state index contributed by atoms with van der Waals surface area (Å²) in [5.41, 5.74) is 6.56. The minimum Gasteiger partial charge on any atom is -0.397 e. The third kappa shape index (κ3) is 3.67. The lowest BCUT2D eigenvalue weighted by Gasteiger charge is -2.36. The van der Waals surface area contributed by atoms with E-state index in [2.05, 4.69) is 0 Å². The molecule has 0 spiro atoms. The highest BCUT2D eigenvalue weighted by atomic mass is 35.5. The van der Waals surface area contributed by atoms with Crippen molar-refractivity contribution < 1.29 is 17.6 Å². The predicted molar refractivity (Wildman–Crippen MR) is 70.5 cm³/mol. The van der Waals surface area contributed by atoms with Gasteiger partial charge in [-0.05, 0) is 6.07 Å². The molecule has 0 aliphatic carbocycles. The largest absolute Gasteiger partial charge is 0.401 e. The van der Waals surface area contributed by atoms with E-state index in [1.807, 2.05) is 0 Å². The topological polar surface area (TPSA) is 32.5 Å². The molecule has 20 heavy (non-hydrogen) atoms. The van der Waals surface area contributed by atoms with E-state index in [1.54, 1.807) is 4.90 Å². The zero-order chi connectivity index (χ0) is 14.9. The maximum Gasteiger partial charge on any atom is 0.401 e. The molecule has 2 rings (SSSR count). The van der Waals surface area contributed by atoms with Crippen LogP contribution in [0.4, 0.5) is 28.9 Å². The highest BCUT2D eigenvalue weighted by Crippen LogP contribution is 2.30. The summed E-state index contributed by atoms with van der Waals surface area (Å²) in [4.78, 5) is 3.08. The van der Waals surface area contributed by atoms with E-state index in [0.29, 0.717) is 24.5 Å². The van der Waals surface area contributed by atoms with Crippen molar-refractivity contribution in [3.63, 3.8) is 0 Å². The molecule has 0 amide bonds. The summed E-state index contributed by atoms with van der Waals surface area (Å²) in [5, 5.41) is -0.0676. The second-order valence-electron chi connectivity index (χ2n) is 4.70. The number of halogens is 5. The van der Waals surface area contributed by atoms with Gasteiger partial charge in [-0.25, -0.2) is 4.39 Å². The van der Waals surface area contributed by atoms with Gasteiger partial charge in [0.1, 0.15) is 5.82 Å². The van der Waals surface area contributed by atoms with Crippen molar-refractivity contribution in [1.82, 2.24) is 4.90 Å². The summed E-state index contributed by atoms with van der Waals surface area (Å²) in [5.74, 6) is -0.589. The van der Waals surface area contributed by atoms with E-state index in [1.165, 1.54) is 17.0 Å². The lowest BCUT2D eigenvalue weighted by atomic mass is 10.2. The number of hydrogen-bond donors (Lipinski definition) is 1. The van der Waals surface area contributed by atoms with Gasteiger partial charge in [0.25, 0.3) is 0 Å². The fraction of sp³-hybridized carbons (Fsp3) is 0.500. The Labute approximate surface area is 118 Å². The Morgan fingerprint density at radius 3 is 2.30 bits per heavy atom. The van der Waals surface area contributed by atoms with Crippen molar-refractivity contribution in [2.45, 2.75) is 6.18 Å². The molecular formula is C12H14ClF4N3. The van der Waals surface area contributed by atoms with Crippen LogP contribution in [-0.2, 0) is 0 Å². The van der Waals surface area contributed by atoms with Gasteiger partial charge in [-0.2, -0.15) is 13.2 Å². The van der Waals surface area contributed by atoms with Crippen molar-refractivity contribution in [2.75, 3.05) is 43.4 Å². The predicted octanol–water partition coefficient (Wildman–Crippen LogP) is 2.75. The van der Waals surface area contributed by atoms with Crippen LogP contribution in [0, 0.1) is 5.82 Å². The van der Waals surface area contributed by atoms with Crippen molar-refractivity contribution in [1.29, 1.82) is 0 Å². The van der Waals surface area contributed by atoms with E-state index >= 15 is 0 Å². The molecule has 1 aliphatic rings. The number of nitrogens with zero attached hydrogens (tertiary/aromatic N) is 2. The molecule has 1 aromatic carbocycles. The normalized spacial score (nSPS) is 17.6.